The number of anilines is 1. The van der Waals surface area contributed by atoms with Gasteiger partial charge < -0.3 is 14.2 Å². The van der Waals surface area contributed by atoms with Crippen LogP contribution in [0.2, 0.25) is 10.0 Å². The Morgan fingerprint density at radius 3 is 2.64 bits per heavy atom. The Morgan fingerprint density at radius 1 is 1.24 bits per heavy atom. The molecule has 12 heteroatoms. The number of ether oxygens (including phenoxy) is 3. The molecule has 1 saturated heterocycles. The predicted octanol–water partition coefficient (Wildman–Crippen LogP) is 3.99. The van der Waals surface area contributed by atoms with Gasteiger partial charge in [-0.3, -0.25) is 19.8 Å². The van der Waals surface area contributed by atoms with Crippen molar-refractivity contribution in [1.29, 1.82) is 0 Å². The van der Waals surface area contributed by atoms with Gasteiger partial charge in [0.2, 0.25) is 0 Å². The molecule has 0 aliphatic carbocycles. The van der Waals surface area contributed by atoms with Crippen LogP contribution in [0.4, 0.5) is 5.69 Å². The number of rotatable bonds is 6. The van der Waals surface area contributed by atoms with Crippen molar-refractivity contribution in [3.8, 4) is 11.5 Å². The Hall–Kier alpha value is -2.41. The highest BCUT2D eigenvalue weighted by molar-refractivity contribution is 14.1. The van der Waals surface area contributed by atoms with E-state index in [1.54, 1.807) is 30.3 Å². The van der Waals surface area contributed by atoms with E-state index in [1.165, 1.54) is 20.3 Å². The summed E-state index contributed by atoms with van der Waals surface area (Å²) in [4.78, 5) is 38.3. The molecule has 2 amide bonds. The standard InChI is InChI=1S/C21H15Cl2IN2O6S/c1-30-15-8-10(7-13(24)18(15)32-9-16(27)31-2)6-11-19(28)25-21(33)26(20(11)29)14-5-3-4-12(22)17(14)23/h3-8H,9H2,1-2H3,(H,25,28,33)/b11-6+. The summed E-state index contributed by atoms with van der Waals surface area (Å²) in [6.07, 6.45) is 1.39. The molecule has 172 valence electrons. The molecule has 33 heavy (non-hydrogen) atoms. The van der Waals surface area contributed by atoms with Crippen molar-refractivity contribution in [2.75, 3.05) is 25.7 Å². The molecule has 0 saturated carbocycles. The molecule has 0 bridgehead atoms. The minimum atomic E-state index is -0.673. The van der Waals surface area contributed by atoms with Crippen LogP contribution < -0.4 is 19.7 Å². The van der Waals surface area contributed by atoms with Crippen molar-refractivity contribution in [2.45, 2.75) is 0 Å². The van der Waals surface area contributed by atoms with Gasteiger partial charge in [0, 0.05) is 0 Å². The van der Waals surface area contributed by atoms with E-state index < -0.39 is 17.8 Å². The lowest BCUT2D eigenvalue weighted by atomic mass is 10.1. The van der Waals surface area contributed by atoms with Crippen LogP contribution >= 0.6 is 58.0 Å². The topological polar surface area (TPSA) is 94.2 Å². The van der Waals surface area contributed by atoms with Gasteiger partial charge in [0.05, 0.1) is 33.5 Å². The Kier molecular flexibility index (Phi) is 8.16. The zero-order valence-electron chi connectivity index (χ0n) is 17.1. The van der Waals surface area contributed by atoms with E-state index in [2.05, 4.69) is 10.1 Å². The van der Waals surface area contributed by atoms with E-state index in [0.717, 1.165) is 4.90 Å². The van der Waals surface area contributed by atoms with Gasteiger partial charge in [0.15, 0.2) is 23.2 Å². The molecule has 2 aromatic carbocycles. The normalized spacial score (nSPS) is 14.9. The highest BCUT2D eigenvalue weighted by Gasteiger charge is 2.35. The maximum absolute atomic E-state index is 13.2. The van der Waals surface area contributed by atoms with E-state index in [-0.39, 0.29) is 33.0 Å². The van der Waals surface area contributed by atoms with Crippen LogP contribution in [-0.4, -0.2) is 43.7 Å². The molecule has 0 aromatic heterocycles. The van der Waals surface area contributed by atoms with E-state index >= 15 is 0 Å². The molecular weight excluding hydrogens is 606 g/mol. The molecule has 1 aliphatic rings. The summed E-state index contributed by atoms with van der Waals surface area (Å²) in [5.74, 6) is -1.28. The summed E-state index contributed by atoms with van der Waals surface area (Å²) >= 11 is 19.5. The summed E-state index contributed by atoms with van der Waals surface area (Å²) in [5, 5.41) is 2.72. The van der Waals surface area contributed by atoms with Crippen molar-refractivity contribution in [1.82, 2.24) is 5.32 Å². The number of halogens is 3. The zero-order valence-corrected chi connectivity index (χ0v) is 21.6. The van der Waals surface area contributed by atoms with Gasteiger partial charge in [-0.15, -0.1) is 0 Å². The number of hydrogen-bond donors (Lipinski definition) is 1. The number of amides is 2. The number of methoxy groups -OCH3 is 2. The number of nitrogens with one attached hydrogen (secondary N) is 1. The van der Waals surface area contributed by atoms with Gasteiger partial charge in [-0.2, -0.15) is 0 Å². The third-order valence-electron chi connectivity index (χ3n) is 4.40. The monoisotopic (exact) mass is 620 g/mol. The number of benzene rings is 2. The highest BCUT2D eigenvalue weighted by Crippen LogP contribution is 2.36. The van der Waals surface area contributed by atoms with Crippen LogP contribution in [0, 0.1) is 3.57 Å². The number of carbonyl (C=O) groups is 3. The van der Waals surface area contributed by atoms with Crippen LogP contribution in [0.25, 0.3) is 6.08 Å². The van der Waals surface area contributed by atoms with Gasteiger partial charge in [-0.1, -0.05) is 29.3 Å². The molecule has 1 N–H and O–H groups in total. The lowest BCUT2D eigenvalue weighted by Gasteiger charge is -2.29. The van der Waals surface area contributed by atoms with Crippen molar-refractivity contribution in [3.05, 3.63) is 55.1 Å². The first kappa shape index (κ1) is 25.2. The molecular formula is C21H15Cl2IN2O6S. The van der Waals surface area contributed by atoms with Crippen molar-refractivity contribution < 1.29 is 28.6 Å². The Morgan fingerprint density at radius 2 is 1.97 bits per heavy atom. The van der Waals surface area contributed by atoms with Crippen molar-refractivity contribution >= 4 is 92.7 Å². The van der Waals surface area contributed by atoms with Crippen LogP contribution in [0.5, 0.6) is 11.5 Å². The zero-order chi connectivity index (χ0) is 24.3. The fourth-order valence-corrected chi connectivity index (χ4v) is 4.30. The first-order valence-corrected chi connectivity index (χ1v) is 11.3. The lowest BCUT2D eigenvalue weighted by molar-refractivity contribution is -0.143. The first-order chi connectivity index (χ1) is 15.7. The SMILES string of the molecule is COC(=O)COc1c(I)cc(/C=C2\C(=O)NC(=S)N(c3cccc(Cl)c3Cl)C2=O)cc1OC. The summed E-state index contributed by atoms with van der Waals surface area (Å²) in [6.45, 7) is -0.309. The third kappa shape index (κ3) is 5.40. The van der Waals surface area contributed by atoms with E-state index in [0.29, 0.717) is 20.6 Å². The number of nitrogens with zero attached hydrogens (tertiary/aromatic N) is 1. The number of thiocarbonyl (C=S) groups is 1. The fraction of sp³-hybridized carbons (Fsp3) is 0.143. The molecule has 1 aliphatic heterocycles. The predicted molar refractivity (Wildman–Crippen MR) is 136 cm³/mol. The quantitative estimate of drug-likeness (QED) is 0.172. The molecule has 0 spiro atoms. The molecule has 1 fully saturated rings. The Bertz CT molecular complexity index is 1200. The minimum absolute atomic E-state index is 0.119. The molecule has 3 rings (SSSR count). The second kappa shape index (κ2) is 10.7. The number of esters is 1. The van der Waals surface area contributed by atoms with Crippen LogP contribution in [0.1, 0.15) is 5.56 Å². The van der Waals surface area contributed by atoms with Crippen molar-refractivity contribution in [2.24, 2.45) is 0 Å². The van der Waals surface area contributed by atoms with E-state index in [1.807, 2.05) is 22.6 Å². The van der Waals surface area contributed by atoms with E-state index in [4.69, 9.17) is 44.9 Å². The van der Waals surface area contributed by atoms with Gasteiger partial charge in [0.25, 0.3) is 11.8 Å². The average Bonchev–Trinajstić information content (AvgIpc) is 2.77. The smallest absolute Gasteiger partial charge is 0.343 e. The van der Waals surface area contributed by atoms with Gasteiger partial charge in [0.1, 0.15) is 5.57 Å². The van der Waals surface area contributed by atoms with Gasteiger partial charge >= 0.3 is 5.97 Å². The number of carbonyl (C=O) groups excluding carboxylic acids is 3. The van der Waals surface area contributed by atoms with Crippen molar-refractivity contribution in [3.63, 3.8) is 0 Å². The third-order valence-corrected chi connectivity index (χ3v) is 6.29. The molecule has 0 unspecified atom stereocenters. The Balaban J connectivity index is 2.00. The van der Waals surface area contributed by atoms with E-state index in [9.17, 15) is 14.4 Å². The maximum atomic E-state index is 13.2. The number of hydrogen-bond acceptors (Lipinski definition) is 7. The molecule has 0 radical (unpaired) electrons. The second-order valence-corrected chi connectivity index (χ2v) is 8.76. The van der Waals surface area contributed by atoms with Gasteiger partial charge in [-0.05, 0) is 70.7 Å². The highest BCUT2D eigenvalue weighted by atomic mass is 127. The molecule has 2 aromatic rings. The lowest BCUT2D eigenvalue weighted by Crippen LogP contribution is -2.54. The second-order valence-electron chi connectivity index (χ2n) is 6.43. The average molecular weight is 621 g/mol. The van der Waals surface area contributed by atoms with Crippen LogP contribution in [0.15, 0.2) is 35.9 Å². The summed E-state index contributed by atoms with van der Waals surface area (Å²) in [7, 11) is 2.67. The fourth-order valence-electron chi connectivity index (χ4n) is 2.86. The largest absolute Gasteiger partial charge is 0.493 e. The van der Waals surface area contributed by atoms with Crippen LogP contribution in [-0.2, 0) is 19.1 Å². The summed E-state index contributed by atoms with van der Waals surface area (Å²) in [6, 6.07) is 7.96. The maximum Gasteiger partial charge on any atom is 0.343 e. The minimum Gasteiger partial charge on any atom is -0.493 e. The Labute approximate surface area is 217 Å². The molecule has 1 heterocycles. The summed E-state index contributed by atoms with van der Waals surface area (Å²) in [5.41, 5.74) is 0.537. The molecule has 8 nitrogen and oxygen atoms in total. The first-order valence-electron chi connectivity index (χ1n) is 9.10. The van der Waals surface area contributed by atoms with Gasteiger partial charge in [-0.25, -0.2) is 4.79 Å². The molecule has 0 atom stereocenters. The van der Waals surface area contributed by atoms with Crippen LogP contribution in [0.3, 0.4) is 0 Å². The summed E-state index contributed by atoms with van der Waals surface area (Å²) < 4.78 is 16.0.